The van der Waals surface area contributed by atoms with Gasteiger partial charge in [-0.1, -0.05) is 41.7 Å². The molecule has 2 aromatic rings. The molecule has 0 aromatic heterocycles. The molecule has 2 aromatic carbocycles. The van der Waals surface area contributed by atoms with E-state index >= 15 is 0 Å². The predicted octanol–water partition coefficient (Wildman–Crippen LogP) is 4.07. The third kappa shape index (κ3) is 3.76. The van der Waals surface area contributed by atoms with Crippen LogP contribution in [0, 0.1) is 25.7 Å². The molecule has 0 unspecified atom stereocenters. The van der Waals surface area contributed by atoms with Gasteiger partial charge >= 0.3 is 0 Å². The molecule has 94 valence electrons. The van der Waals surface area contributed by atoms with Gasteiger partial charge in [0.05, 0.1) is 0 Å². The minimum atomic E-state index is 0.314. The monoisotopic (exact) mass is 248 g/mol. The maximum atomic E-state index is 9.59. The molecule has 0 aliphatic heterocycles. The van der Waals surface area contributed by atoms with E-state index < -0.39 is 0 Å². The second-order valence-corrected chi connectivity index (χ2v) is 4.51. The maximum Gasteiger partial charge on any atom is 0.119 e. The van der Waals surface area contributed by atoms with Gasteiger partial charge in [-0.05, 0) is 55.3 Å². The molecule has 1 nitrogen and oxygen atoms in total. The third-order valence-corrected chi connectivity index (χ3v) is 2.86. The highest BCUT2D eigenvalue weighted by Gasteiger charge is 1.94. The lowest BCUT2D eigenvalue weighted by atomic mass is 10.1. The maximum absolute atomic E-state index is 9.59. The van der Waals surface area contributed by atoms with Gasteiger partial charge in [0, 0.05) is 5.56 Å². The molecule has 0 amide bonds. The number of hydrogen-bond donors (Lipinski definition) is 1. The van der Waals surface area contributed by atoms with E-state index in [9.17, 15) is 5.11 Å². The molecular formula is C18H16O. The number of allylic oxidation sites excluding steroid dienone is 1. The van der Waals surface area contributed by atoms with E-state index in [1.807, 2.05) is 49.4 Å². The number of rotatable bonds is 1. The van der Waals surface area contributed by atoms with Crippen molar-refractivity contribution < 1.29 is 5.11 Å². The van der Waals surface area contributed by atoms with Crippen LogP contribution in [0.5, 0.6) is 5.75 Å². The fourth-order valence-electron chi connectivity index (χ4n) is 1.63. The summed E-state index contributed by atoms with van der Waals surface area (Å²) in [5.41, 5.74) is 4.06. The molecule has 0 fully saturated rings. The van der Waals surface area contributed by atoms with Gasteiger partial charge in [-0.25, -0.2) is 0 Å². The molecule has 0 spiro atoms. The summed E-state index contributed by atoms with van der Waals surface area (Å²) in [6.45, 7) is 3.93. The van der Waals surface area contributed by atoms with Crippen LogP contribution in [0.4, 0.5) is 0 Å². The van der Waals surface area contributed by atoms with Crippen molar-refractivity contribution in [1.82, 2.24) is 0 Å². The Morgan fingerprint density at radius 1 is 1.00 bits per heavy atom. The molecule has 1 heteroatoms. The van der Waals surface area contributed by atoms with Gasteiger partial charge in [-0.15, -0.1) is 0 Å². The van der Waals surface area contributed by atoms with Crippen LogP contribution in [0.1, 0.15) is 22.3 Å². The van der Waals surface area contributed by atoms with Crippen LogP contribution < -0.4 is 0 Å². The predicted molar refractivity (Wildman–Crippen MR) is 79.9 cm³/mol. The first-order valence-electron chi connectivity index (χ1n) is 6.19. The molecule has 0 heterocycles. The van der Waals surface area contributed by atoms with Crippen LogP contribution in [0.25, 0.3) is 6.08 Å². The van der Waals surface area contributed by atoms with Gasteiger partial charge < -0.3 is 5.11 Å². The number of phenolic OH excluding ortho intramolecular Hbond substituents is 1. The van der Waals surface area contributed by atoms with Crippen molar-refractivity contribution in [2.75, 3.05) is 0 Å². The highest BCUT2D eigenvalue weighted by molar-refractivity contribution is 5.56. The highest BCUT2D eigenvalue weighted by Crippen LogP contribution is 2.18. The molecule has 0 aliphatic rings. The Kier molecular flexibility index (Phi) is 4.05. The Hall–Kier alpha value is -2.46. The second-order valence-electron chi connectivity index (χ2n) is 4.51. The summed E-state index contributed by atoms with van der Waals surface area (Å²) in [5, 5.41) is 9.59. The summed E-state index contributed by atoms with van der Waals surface area (Å²) in [5.74, 6) is 6.37. The summed E-state index contributed by atoms with van der Waals surface area (Å²) >= 11 is 0. The highest BCUT2D eigenvalue weighted by atomic mass is 16.3. The van der Waals surface area contributed by atoms with Crippen LogP contribution >= 0.6 is 0 Å². The van der Waals surface area contributed by atoms with Crippen LogP contribution in [-0.2, 0) is 0 Å². The van der Waals surface area contributed by atoms with Gasteiger partial charge in [0.1, 0.15) is 5.75 Å². The summed E-state index contributed by atoms with van der Waals surface area (Å²) in [4.78, 5) is 0. The Balaban J connectivity index is 2.08. The van der Waals surface area contributed by atoms with Crippen LogP contribution in [0.3, 0.4) is 0 Å². The SMILES string of the molecule is Cc1ccc(C#C/C=C/c2ccc(C)c(O)c2)cc1. The Morgan fingerprint density at radius 2 is 1.74 bits per heavy atom. The van der Waals surface area contributed by atoms with Crippen molar-refractivity contribution in [2.45, 2.75) is 13.8 Å². The zero-order valence-corrected chi connectivity index (χ0v) is 11.1. The second kappa shape index (κ2) is 5.93. The van der Waals surface area contributed by atoms with Crippen LogP contribution in [0.15, 0.2) is 48.5 Å². The van der Waals surface area contributed by atoms with E-state index in [1.54, 1.807) is 12.1 Å². The van der Waals surface area contributed by atoms with Crippen molar-refractivity contribution in [3.05, 3.63) is 70.8 Å². The lowest BCUT2D eigenvalue weighted by Crippen LogP contribution is -1.76. The van der Waals surface area contributed by atoms with Crippen molar-refractivity contribution in [1.29, 1.82) is 0 Å². The summed E-state index contributed by atoms with van der Waals surface area (Å²) in [6, 6.07) is 13.7. The summed E-state index contributed by atoms with van der Waals surface area (Å²) in [7, 11) is 0. The number of aromatic hydroxyl groups is 1. The zero-order valence-electron chi connectivity index (χ0n) is 11.1. The average Bonchev–Trinajstić information content (AvgIpc) is 2.41. The molecule has 1 N–H and O–H groups in total. The number of benzene rings is 2. The van der Waals surface area contributed by atoms with E-state index in [0.717, 1.165) is 16.7 Å². The van der Waals surface area contributed by atoms with Crippen LogP contribution in [-0.4, -0.2) is 5.11 Å². The lowest BCUT2D eigenvalue weighted by molar-refractivity contribution is 0.471. The minimum absolute atomic E-state index is 0.314. The summed E-state index contributed by atoms with van der Waals surface area (Å²) < 4.78 is 0. The smallest absolute Gasteiger partial charge is 0.119 e. The minimum Gasteiger partial charge on any atom is -0.508 e. The largest absolute Gasteiger partial charge is 0.508 e. The van der Waals surface area contributed by atoms with Crippen LogP contribution in [0.2, 0.25) is 0 Å². The fraction of sp³-hybridized carbons (Fsp3) is 0.111. The van der Waals surface area contributed by atoms with Crippen molar-refractivity contribution in [3.63, 3.8) is 0 Å². The zero-order chi connectivity index (χ0) is 13.7. The third-order valence-electron chi connectivity index (χ3n) is 2.86. The average molecular weight is 248 g/mol. The van der Waals surface area contributed by atoms with Gasteiger partial charge in [-0.2, -0.15) is 0 Å². The Morgan fingerprint density at radius 3 is 2.42 bits per heavy atom. The Bertz CT molecular complexity index is 652. The molecule has 0 saturated carbocycles. The lowest BCUT2D eigenvalue weighted by Gasteiger charge is -1.98. The normalized spacial score (nSPS) is 10.2. The van der Waals surface area contributed by atoms with Crippen molar-refractivity contribution in [2.24, 2.45) is 0 Å². The van der Waals surface area contributed by atoms with E-state index in [4.69, 9.17) is 0 Å². The molecular weight excluding hydrogens is 232 g/mol. The first-order valence-corrected chi connectivity index (χ1v) is 6.19. The molecule has 0 radical (unpaired) electrons. The topological polar surface area (TPSA) is 20.2 Å². The van der Waals surface area contributed by atoms with Crippen molar-refractivity contribution in [3.8, 4) is 17.6 Å². The first-order chi connectivity index (χ1) is 9.15. The van der Waals surface area contributed by atoms with Gasteiger partial charge in [0.2, 0.25) is 0 Å². The van der Waals surface area contributed by atoms with Gasteiger partial charge in [-0.3, -0.25) is 0 Å². The van der Waals surface area contributed by atoms with E-state index in [1.165, 1.54) is 5.56 Å². The number of hydrogen-bond acceptors (Lipinski definition) is 1. The van der Waals surface area contributed by atoms with Gasteiger partial charge in [0.15, 0.2) is 0 Å². The molecule has 0 aliphatic carbocycles. The molecule has 0 atom stereocenters. The quantitative estimate of drug-likeness (QED) is 0.754. The molecule has 0 bridgehead atoms. The Labute approximate surface area is 114 Å². The standard InChI is InChI=1S/C18H16O/c1-14-7-10-16(11-8-14)5-3-4-6-17-12-9-15(2)18(19)13-17/h4,6-13,19H,1-2H3/b6-4+. The summed E-state index contributed by atoms with van der Waals surface area (Å²) in [6.07, 6.45) is 3.68. The van der Waals surface area contributed by atoms with E-state index in [0.29, 0.717) is 5.75 Å². The fourth-order valence-corrected chi connectivity index (χ4v) is 1.63. The van der Waals surface area contributed by atoms with Gasteiger partial charge in [0.25, 0.3) is 0 Å². The van der Waals surface area contributed by atoms with E-state index in [2.05, 4.69) is 18.8 Å². The molecule has 2 rings (SSSR count). The number of aryl methyl sites for hydroxylation is 2. The van der Waals surface area contributed by atoms with Crippen molar-refractivity contribution >= 4 is 6.08 Å². The first kappa shape index (κ1) is 13.0. The molecule has 19 heavy (non-hydrogen) atoms. The van der Waals surface area contributed by atoms with E-state index in [-0.39, 0.29) is 0 Å². The number of phenols is 1. The molecule has 0 saturated heterocycles.